The van der Waals surface area contributed by atoms with Crippen LogP contribution in [0, 0.1) is 0 Å². The van der Waals surface area contributed by atoms with Crippen LogP contribution in [0.4, 0.5) is 11.4 Å². The first-order chi connectivity index (χ1) is 14.1. The van der Waals surface area contributed by atoms with Gasteiger partial charge in [-0.3, -0.25) is 14.4 Å². The van der Waals surface area contributed by atoms with Gasteiger partial charge in [-0.1, -0.05) is 6.07 Å². The number of carbonyl (C=O) groups is 3. The third-order valence-electron chi connectivity index (χ3n) is 4.68. The molecule has 1 aromatic carbocycles. The Morgan fingerprint density at radius 3 is 2.28 bits per heavy atom. The molecule has 148 valence electrons. The number of furan rings is 2. The van der Waals surface area contributed by atoms with Crippen LogP contribution in [-0.4, -0.2) is 35.2 Å². The van der Waals surface area contributed by atoms with Crippen LogP contribution < -0.4 is 10.6 Å². The fourth-order valence-corrected chi connectivity index (χ4v) is 3.32. The molecule has 0 bridgehead atoms. The Morgan fingerprint density at radius 1 is 0.897 bits per heavy atom. The lowest BCUT2D eigenvalue weighted by Gasteiger charge is -2.23. The molecule has 0 spiro atoms. The summed E-state index contributed by atoms with van der Waals surface area (Å²) < 4.78 is 10.2. The number of hydrogen-bond acceptors (Lipinski definition) is 5. The minimum atomic E-state index is -0.575. The van der Waals surface area contributed by atoms with Crippen molar-refractivity contribution in [3.8, 4) is 0 Å². The summed E-state index contributed by atoms with van der Waals surface area (Å²) in [5, 5.41) is 5.54. The van der Waals surface area contributed by atoms with E-state index >= 15 is 0 Å². The van der Waals surface area contributed by atoms with Crippen molar-refractivity contribution in [1.29, 1.82) is 0 Å². The second-order valence-electron chi connectivity index (χ2n) is 6.64. The van der Waals surface area contributed by atoms with E-state index in [4.69, 9.17) is 8.83 Å². The molecular weight excluding hydrogens is 374 g/mol. The van der Waals surface area contributed by atoms with Gasteiger partial charge in [0.2, 0.25) is 5.91 Å². The van der Waals surface area contributed by atoms with E-state index < -0.39 is 6.04 Å². The first-order valence-corrected chi connectivity index (χ1v) is 9.22. The van der Waals surface area contributed by atoms with Gasteiger partial charge in [0.15, 0.2) is 11.5 Å². The molecule has 2 aromatic heterocycles. The molecule has 1 atom stereocenters. The molecule has 0 unspecified atom stereocenters. The average Bonchev–Trinajstić information content (AvgIpc) is 3.50. The van der Waals surface area contributed by atoms with Crippen molar-refractivity contribution in [2.75, 3.05) is 17.2 Å². The monoisotopic (exact) mass is 393 g/mol. The van der Waals surface area contributed by atoms with Crippen LogP contribution >= 0.6 is 0 Å². The normalized spacial score (nSPS) is 15.9. The zero-order chi connectivity index (χ0) is 20.2. The van der Waals surface area contributed by atoms with E-state index in [1.54, 1.807) is 48.5 Å². The molecule has 1 saturated heterocycles. The van der Waals surface area contributed by atoms with Crippen LogP contribution in [0.5, 0.6) is 0 Å². The Kier molecular flexibility index (Phi) is 5.15. The zero-order valence-corrected chi connectivity index (χ0v) is 15.5. The number of benzene rings is 1. The summed E-state index contributed by atoms with van der Waals surface area (Å²) in [5.41, 5.74) is 1.03. The van der Waals surface area contributed by atoms with Crippen LogP contribution in [0.2, 0.25) is 0 Å². The molecule has 0 radical (unpaired) electrons. The van der Waals surface area contributed by atoms with Gasteiger partial charge in [0.1, 0.15) is 6.04 Å². The standard InChI is InChI=1S/C21H19N3O5/c25-19(16-7-2-10-24(16)21(27)18-9-4-12-29-18)22-14-5-1-6-15(13-14)23-20(26)17-8-3-11-28-17/h1,3-6,8-9,11-13,16H,2,7,10H2,(H,22,25)(H,23,26)/t16-/m0/s1. The SMILES string of the molecule is O=C(Nc1cccc(NC(=O)[C@@H]2CCCN2C(=O)c2ccco2)c1)c1ccco1. The minimum absolute atomic E-state index is 0.192. The fourth-order valence-electron chi connectivity index (χ4n) is 3.32. The Morgan fingerprint density at radius 2 is 1.59 bits per heavy atom. The molecule has 2 N–H and O–H groups in total. The second-order valence-corrected chi connectivity index (χ2v) is 6.64. The third-order valence-corrected chi connectivity index (χ3v) is 4.68. The molecule has 8 heteroatoms. The first-order valence-electron chi connectivity index (χ1n) is 9.22. The largest absolute Gasteiger partial charge is 0.459 e. The quantitative estimate of drug-likeness (QED) is 0.692. The molecule has 3 aromatic rings. The molecule has 1 aliphatic heterocycles. The Balaban J connectivity index is 1.43. The van der Waals surface area contributed by atoms with Gasteiger partial charge in [0, 0.05) is 17.9 Å². The summed E-state index contributed by atoms with van der Waals surface area (Å²) in [7, 11) is 0. The van der Waals surface area contributed by atoms with E-state index in [2.05, 4.69) is 10.6 Å². The van der Waals surface area contributed by atoms with Gasteiger partial charge in [0.05, 0.1) is 12.5 Å². The van der Waals surface area contributed by atoms with E-state index in [-0.39, 0.29) is 29.2 Å². The summed E-state index contributed by atoms with van der Waals surface area (Å²) >= 11 is 0. The van der Waals surface area contributed by atoms with Gasteiger partial charge >= 0.3 is 0 Å². The Labute approximate surface area is 166 Å². The summed E-state index contributed by atoms with van der Waals surface area (Å²) in [4.78, 5) is 39.0. The number of rotatable bonds is 5. The number of hydrogen-bond donors (Lipinski definition) is 2. The van der Waals surface area contributed by atoms with Gasteiger partial charge in [-0.15, -0.1) is 0 Å². The Bertz CT molecular complexity index is 1010. The summed E-state index contributed by atoms with van der Waals surface area (Å²) in [6.45, 7) is 0.497. The molecule has 1 fully saturated rings. The summed E-state index contributed by atoms with van der Waals surface area (Å²) in [6, 6.07) is 12.6. The van der Waals surface area contributed by atoms with Gasteiger partial charge < -0.3 is 24.4 Å². The number of carbonyl (C=O) groups excluding carboxylic acids is 3. The highest BCUT2D eigenvalue weighted by Crippen LogP contribution is 2.23. The van der Waals surface area contributed by atoms with Crippen molar-refractivity contribution in [2.45, 2.75) is 18.9 Å². The molecule has 0 saturated carbocycles. The molecule has 0 aliphatic carbocycles. The minimum Gasteiger partial charge on any atom is -0.459 e. The van der Waals surface area contributed by atoms with Gasteiger partial charge in [0.25, 0.3) is 11.8 Å². The fraction of sp³-hybridized carbons (Fsp3) is 0.190. The highest BCUT2D eigenvalue weighted by Gasteiger charge is 2.35. The van der Waals surface area contributed by atoms with Crippen molar-refractivity contribution in [1.82, 2.24) is 4.90 Å². The molecular formula is C21H19N3O5. The molecule has 29 heavy (non-hydrogen) atoms. The van der Waals surface area contributed by atoms with Crippen LogP contribution in [0.3, 0.4) is 0 Å². The molecule has 1 aliphatic rings. The van der Waals surface area contributed by atoms with Gasteiger partial charge in [-0.2, -0.15) is 0 Å². The maximum absolute atomic E-state index is 12.8. The smallest absolute Gasteiger partial charge is 0.291 e. The number of likely N-dealkylation sites (tertiary alicyclic amines) is 1. The van der Waals surface area contributed by atoms with Crippen molar-refractivity contribution < 1.29 is 23.2 Å². The van der Waals surface area contributed by atoms with E-state index in [1.165, 1.54) is 17.4 Å². The second kappa shape index (κ2) is 8.05. The zero-order valence-electron chi connectivity index (χ0n) is 15.5. The summed E-state index contributed by atoms with van der Waals surface area (Å²) in [5.74, 6) is -0.557. The lowest BCUT2D eigenvalue weighted by molar-refractivity contribution is -0.119. The van der Waals surface area contributed by atoms with Crippen molar-refractivity contribution >= 4 is 29.1 Å². The highest BCUT2D eigenvalue weighted by atomic mass is 16.3. The number of nitrogens with one attached hydrogen (secondary N) is 2. The Hall–Kier alpha value is -3.81. The maximum atomic E-state index is 12.8. The van der Waals surface area contributed by atoms with Gasteiger partial charge in [-0.05, 0) is 55.3 Å². The predicted molar refractivity (Wildman–Crippen MR) is 104 cm³/mol. The number of amides is 3. The van der Waals surface area contributed by atoms with Gasteiger partial charge in [-0.25, -0.2) is 0 Å². The maximum Gasteiger partial charge on any atom is 0.291 e. The molecule has 8 nitrogen and oxygen atoms in total. The average molecular weight is 393 g/mol. The lowest BCUT2D eigenvalue weighted by atomic mass is 10.2. The lowest BCUT2D eigenvalue weighted by Crippen LogP contribution is -2.43. The van der Waals surface area contributed by atoms with Crippen LogP contribution in [0.15, 0.2) is 69.9 Å². The highest BCUT2D eigenvalue weighted by molar-refractivity contribution is 6.03. The van der Waals surface area contributed by atoms with Crippen LogP contribution in [0.1, 0.15) is 34.0 Å². The summed E-state index contributed by atoms with van der Waals surface area (Å²) in [6.07, 6.45) is 4.17. The van der Waals surface area contributed by atoms with Crippen LogP contribution in [-0.2, 0) is 4.79 Å². The number of anilines is 2. The predicted octanol–water partition coefficient (Wildman–Crippen LogP) is 3.37. The van der Waals surface area contributed by atoms with E-state index in [9.17, 15) is 14.4 Å². The van der Waals surface area contributed by atoms with E-state index in [1.807, 2.05) is 0 Å². The number of nitrogens with zero attached hydrogens (tertiary/aromatic N) is 1. The van der Waals surface area contributed by atoms with Crippen LogP contribution in [0.25, 0.3) is 0 Å². The van der Waals surface area contributed by atoms with Crippen molar-refractivity contribution in [2.24, 2.45) is 0 Å². The van der Waals surface area contributed by atoms with Crippen molar-refractivity contribution in [3.63, 3.8) is 0 Å². The van der Waals surface area contributed by atoms with E-state index in [0.29, 0.717) is 24.3 Å². The molecule has 3 heterocycles. The van der Waals surface area contributed by atoms with Crippen molar-refractivity contribution in [3.05, 3.63) is 72.6 Å². The third kappa shape index (κ3) is 4.06. The topological polar surface area (TPSA) is 105 Å². The molecule has 3 amide bonds. The molecule has 4 rings (SSSR count). The first kappa shape index (κ1) is 18.5. The van der Waals surface area contributed by atoms with E-state index in [0.717, 1.165) is 6.42 Å².